The lowest BCUT2D eigenvalue weighted by molar-refractivity contribution is 0.416. The van der Waals surface area contributed by atoms with Gasteiger partial charge in [-0.2, -0.15) is 0 Å². The molecule has 0 spiro atoms. The van der Waals surface area contributed by atoms with Gasteiger partial charge in [0.15, 0.2) is 0 Å². The maximum atomic E-state index is 6.14. The van der Waals surface area contributed by atoms with Crippen molar-refractivity contribution in [3.8, 4) is 16.9 Å². The van der Waals surface area contributed by atoms with E-state index in [4.69, 9.17) is 16.3 Å². The van der Waals surface area contributed by atoms with Crippen molar-refractivity contribution < 1.29 is 4.74 Å². The van der Waals surface area contributed by atoms with Crippen molar-refractivity contribution in [2.75, 3.05) is 13.7 Å². The van der Waals surface area contributed by atoms with E-state index < -0.39 is 0 Å². The molecule has 0 aromatic heterocycles. The van der Waals surface area contributed by atoms with E-state index in [1.807, 2.05) is 30.3 Å². The largest absolute Gasteiger partial charge is 0.496 e. The number of rotatable bonds is 5. The Bertz CT molecular complexity index is 554. The van der Waals surface area contributed by atoms with Crippen LogP contribution in [0, 0.1) is 0 Å². The van der Waals surface area contributed by atoms with E-state index in [9.17, 15) is 0 Å². The lowest BCUT2D eigenvalue weighted by Gasteiger charge is -2.14. The predicted molar refractivity (Wildman–Crippen MR) is 80.8 cm³/mol. The lowest BCUT2D eigenvalue weighted by atomic mass is 9.98. The van der Waals surface area contributed by atoms with Crippen molar-refractivity contribution >= 4 is 11.6 Å². The van der Waals surface area contributed by atoms with Crippen LogP contribution in [0.1, 0.15) is 12.5 Å². The molecule has 0 radical (unpaired) electrons. The Morgan fingerprint density at radius 3 is 2.63 bits per heavy atom. The molecule has 0 unspecified atom stereocenters. The summed E-state index contributed by atoms with van der Waals surface area (Å²) < 4.78 is 5.44. The van der Waals surface area contributed by atoms with Gasteiger partial charge in [0.25, 0.3) is 0 Å². The lowest BCUT2D eigenvalue weighted by Crippen LogP contribution is -2.12. The van der Waals surface area contributed by atoms with Crippen LogP contribution in [0.4, 0.5) is 0 Å². The van der Waals surface area contributed by atoms with E-state index >= 15 is 0 Å². The molecule has 2 aromatic carbocycles. The monoisotopic (exact) mass is 275 g/mol. The van der Waals surface area contributed by atoms with Gasteiger partial charge in [0, 0.05) is 17.1 Å². The maximum absolute atomic E-state index is 6.14. The number of halogens is 1. The van der Waals surface area contributed by atoms with Gasteiger partial charge < -0.3 is 10.1 Å². The molecule has 0 atom stereocenters. The second-order valence-electron chi connectivity index (χ2n) is 4.28. The molecular formula is C16H18ClNO. The minimum absolute atomic E-state index is 0.737. The molecule has 2 nitrogen and oxygen atoms in total. The summed E-state index contributed by atoms with van der Waals surface area (Å²) in [7, 11) is 1.69. The van der Waals surface area contributed by atoms with Crippen LogP contribution in [-0.2, 0) is 6.54 Å². The van der Waals surface area contributed by atoms with Gasteiger partial charge in [-0.1, -0.05) is 42.8 Å². The third kappa shape index (κ3) is 3.28. The van der Waals surface area contributed by atoms with Gasteiger partial charge in [-0.15, -0.1) is 0 Å². The molecule has 3 heteroatoms. The van der Waals surface area contributed by atoms with Crippen molar-refractivity contribution in [2.45, 2.75) is 13.5 Å². The first kappa shape index (κ1) is 13.9. The SMILES string of the molecule is CCNCc1ccc(Cl)cc1-c1ccccc1OC. The molecule has 0 aliphatic carbocycles. The minimum Gasteiger partial charge on any atom is -0.496 e. The van der Waals surface area contributed by atoms with E-state index in [-0.39, 0.29) is 0 Å². The van der Waals surface area contributed by atoms with Crippen molar-refractivity contribution in [1.82, 2.24) is 5.32 Å². The van der Waals surface area contributed by atoms with Crippen LogP contribution in [0.3, 0.4) is 0 Å². The molecule has 0 saturated carbocycles. The number of hydrogen-bond acceptors (Lipinski definition) is 2. The number of benzene rings is 2. The second-order valence-corrected chi connectivity index (χ2v) is 4.72. The zero-order valence-electron chi connectivity index (χ0n) is 11.2. The summed E-state index contributed by atoms with van der Waals surface area (Å²) in [6.07, 6.45) is 0. The summed E-state index contributed by atoms with van der Waals surface area (Å²) in [5.41, 5.74) is 3.40. The Balaban J connectivity index is 2.49. The quantitative estimate of drug-likeness (QED) is 0.886. The fourth-order valence-corrected chi connectivity index (χ4v) is 2.25. The van der Waals surface area contributed by atoms with Crippen LogP contribution >= 0.6 is 11.6 Å². The molecule has 0 saturated heterocycles. The Morgan fingerprint density at radius 1 is 1.11 bits per heavy atom. The molecular weight excluding hydrogens is 258 g/mol. The van der Waals surface area contributed by atoms with Gasteiger partial charge in [-0.25, -0.2) is 0 Å². The molecule has 1 N–H and O–H groups in total. The van der Waals surface area contributed by atoms with Gasteiger partial charge in [0.05, 0.1) is 7.11 Å². The smallest absolute Gasteiger partial charge is 0.126 e. The van der Waals surface area contributed by atoms with Crippen molar-refractivity contribution in [2.24, 2.45) is 0 Å². The van der Waals surface area contributed by atoms with E-state index in [0.717, 1.165) is 35.0 Å². The first-order valence-corrected chi connectivity index (χ1v) is 6.76. The number of nitrogens with one attached hydrogen (secondary N) is 1. The highest BCUT2D eigenvalue weighted by Crippen LogP contribution is 2.33. The van der Waals surface area contributed by atoms with Gasteiger partial charge in [-0.05, 0) is 35.9 Å². The molecule has 2 aromatic rings. The number of ether oxygens (including phenoxy) is 1. The maximum Gasteiger partial charge on any atom is 0.126 e. The fourth-order valence-electron chi connectivity index (χ4n) is 2.08. The fraction of sp³-hybridized carbons (Fsp3) is 0.250. The van der Waals surface area contributed by atoms with Crippen LogP contribution in [0.2, 0.25) is 5.02 Å². The van der Waals surface area contributed by atoms with E-state index in [0.29, 0.717) is 0 Å². The first-order chi connectivity index (χ1) is 9.26. The highest BCUT2D eigenvalue weighted by atomic mass is 35.5. The van der Waals surface area contributed by atoms with E-state index in [1.54, 1.807) is 7.11 Å². The Labute approximate surface area is 119 Å². The summed E-state index contributed by atoms with van der Waals surface area (Å²) in [5, 5.41) is 4.08. The third-order valence-electron chi connectivity index (χ3n) is 3.03. The van der Waals surface area contributed by atoms with Crippen molar-refractivity contribution in [1.29, 1.82) is 0 Å². The highest BCUT2D eigenvalue weighted by molar-refractivity contribution is 6.30. The Kier molecular flexibility index (Phi) is 4.83. The van der Waals surface area contributed by atoms with Crippen molar-refractivity contribution in [3.05, 3.63) is 53.1 Å². The first-order valence-electron chi connectivity index (χ1n) is 6.38. The van der Waals surface area contributed by atoms with Crippen LogP contribution in [0.5, 0.6) is 5.75 Å². The van der Waals surface area contributed by atoms with Gasteiger partial charge in [-0.3, -0.25) is 0 Å². The van der Waals surface area contributed by atoms with Crippen LogP contribution in [0.25, 0.3) is 11.1 Å². The average Bonchev–Trinajstić information content (AvgIpc) is 2.46. The third-order valence-corrected chi connectivity index (χ3v) is 3.27. The number of para-hydroxylation sites is 1. The highest BCUT2D eigenvalue weighted by Gasteiger charge is 2.10. The zero-order chi connectivity index (χ0) is 13.7. The number of methoxy groups -OCH3 is 1. The predicted octanol–water partition coefficient (Wildman–Crippen LogP) is 4.13. The average molecular weight is 276 g/mol. The van der Waals surface area contributed by atoms with Gasteiger partial charge in [0.2, 0.25) is 0 Å². The van der Waals surface area contributed by atoms with Gasteiger partial charge in [0.1, 0.15) is 5.75 Å². The molecule has 0 fully saturated rings. The van der Waals surface area contributed by atoms with Crippen LogP contribution < -0.4 is 10.1 Å². The molecule has 0 heterocycles. The van der Waals surface area contributed by atoms with E-state index in [2.05, 4.69) is 24.4 Å². The summed E-state index contributed by atoms with van der Waals surface area (Å²) in [4.78, 5) is 0. The molecule has 19 heavy (non-hydrogen) atoms. The summed E-state index contributed by atoms with van der Waals surface area (Å²) in [6.45, 7) is 3.85. The molecule has 0 bridgehead atoms. The van der Waals surface area contributed by atoms with Crippen LogP contribution in [0.15, 0.2) is 42.5 Å². The summed E-state index contributed by atoms with van der Waals surface area (Å²) in [5.74, 6) is 0.863. The molecule has 0 aliphatic rings. The summed E-state index contributed by atoms with van der Waals surface area (Å²) >= 11 is 6.14. The van der Waals surface area contributed by atoms with Crippen molar-refractivity contribution in [3.63, 3.8) is 0 Å². The molecule has 0 aliphatic heterocycles. The molecule has 0 amide bonds. The minimum atomic E-state index is 0.737. The standard InChI is InChI=1S/C16H18ClNO/c1-3-18-11-12-8-9-13(17)10-15(12)14-6-4-5-7-16(14)19-2/h4-10,18H,3,11H2,1-2H3. The normalized spacial score (nSPS) is 10.5. The molecule has 100 valence electrons. The van der Waals surface area contributed by atoms with Crippen LogP contribution in [-0.4, -0.2) is 13.7 Å². The molecule has 2 rings (SSSR count). The summed E-state index contributed by atoms with van der Waals surface area (Å²) in [6, 6.07) is 14.0. The van der Waals surface area contributed by atoms with E-state index in [1.165, 1.54) is 5.56 Å². The number of hydrogen-bond donors (Lipinski definition) is 1. The Hall–Kier alpha value is -1.51. The van der Waals surface area contributed by atoms with Gasteiger partial charge >= 0.3 is 0 Å². The zero-order valence-corrected chi connectivity index (χ0v) is 12.0. The topological polar surface area (TPSA) is 21.3 Å². The Morgan fingerprint density at radius 2 is 1.89 bits per heavy atom. The second kappa shape index (κ2) is 6.60.